The van der Waals surface area contributed by atoms with Crippen LogP contribution in [0.2, 0.25) is 0 Å². The molecule has 2 aromatic rings. The molecule has 2 unspecified atom stereocenters. The van der Waals surface area contributed by atoms with E-state index in [0.717, 1.165) is 42.8 Å². The predicted molar refractivity (Wildman–Crippen MR) is 83.6 cm³/mol. The predicted octanol–water partition coefficient (Wildman–Crippen LogP) is 3.00. The molecule has 114 valence electrons. The number of nitrogens with zero attached hydrogens (tertiary/aromatic N) is 2. The molecule has 1 aromatic carbocycles. The summed E-state index contributed by atoms with van der Waals surface area (Å²) in [5.41, 5.74) is 8.07. The van der Waals surface area contributed by atoms with Crippen LogP contribution in [0.5, 0.6) is 5.75 Å². The van der Waals surface area contributed by atoms with Crippen molar-refractivity contribution < 1.29 is 9.47 Å². The molecule has 3 rings (SSSR count). The third-order valence-electron chi connectivity index (χ3n) is 4.23. The summed E-state index contributed by atoms with van der Waals surface area (Å²) in [6, 6.07) is 6.30. The first-order chi connectivity index (χ1) is 10.2. The topological polar surface area (TPSA) is 62.3 Å². The SMILES string of the molecule is CCCOc1cccc2c1nc(N)n2C(C)C1CCOC1. The first-order valence-electron chi connectivity index (χ1n) is 7.69. The number of anilines is 1. The molecule has 2 atom stereocenters. The molecule has 0 saturated carbocycles. The maximum atomic E-state index is 6.17. The van der Waals surface area contributed by atoms with Crippen molar-refractivity contribution in [3.8, 4) is 5.75 Å². The van der Waals surface area contributed by atoms with Gasteiger partial charge < -0.3 is 19.8 Å². The minimum absolute atomic E-state index is 0.277. The zero-order chi connectivity index (χ0) is 14.8. The summed E-state index contributed by atoms with van der Waals surface area (Å²) in [6.45, 7) is 6.61. The van der Waals surface area contributed by atoms with Crippen LogP contribution in [0.25, 0.3) is 11.0 Å². The lowest BCUT2D eigenvalue weighted by molar-refractivity contribution is 0.176. The van der Waals surface area contributed by atoms with E-state index in [1.54, 1.807) is 0 Å². The molecule has 5 nitrogen and oxygen atoms in total. The van der Waals surface area contributed by atoms with Gasteiger partial charge >= 0.3 is 0 Å². The highest BCUT2D eigenvalue weighted by molar-refractivity contribution is 5.84. The van der Waals surface area contributed by atoms with E-state index >= 15 is 0 Å². The van der Waals surface area contributed by atoms with Crippen LogP contribution in [0, 0.1) is 5.92 Å². The lowest BCUT2D eigenvalue weighted by atomic mass is 10.0. The number of rotatable bonds is 5. The first kappa shape index (κ1) is 14.2. The zero-order valence-corrected chi connectivity index (χ0v) is 12.7. The highest BCUT2D eigenvalue weighted by atomic mass is 16.5. The molecule has 2 N–H and O–H groups in total. The summed E-state index contributed by atoms with van der Waals surface area (Å²) in [6.07, 6.45) is 2.05. The van der Waals surface area contributed by atoms with Gasteiger partial charge in [0.15, 0.2) is 0 Å². The van der Waals surface area contributed by atoms with Crippen molar-refractivity contribution in [2.75, 3.05) is 25.6 Å². The van der Waals surface area contributed by atoms with Crippen LogP contribution in [-0.2, 0) is 4.74 Å². The average molecular weight is 289 g/mol. The summed E-state index contributed by atoms with van der Waals surface area (Å²) in [5, 5.41) is 0. The van der Waals surface area contributed by atoms with E-state index < -0.39 is 0 Å². The molecule has 21 heavy (non-hydrogen) atoms. The maximum Gasteiger partial charge on any atom is 0.201 e. The number of imidazole rings is 1. The van der Waals surface area contributed by atoms with E-state index in [2.05, 4.69) is 29.5 Å². The van der Waals surface area contributed by atoms with Crippen LogP contribution in [0.15, 0.2) is 18.2 Å². The van der Waals surface area contributed by atoms with E-state index in [1.807, 2.05) is 12.1 Å². The molecular weight excluding hydrogens is 266 g/mol. The van der Waals surface area contributed by atoms with Crippen LogP contribution < -0.4 is 10.5 Å². The minimum atomic E-state index is 0.277. The molecule has 1 aliphatic rings. The third kappa shape index (κ3) is 2.58. The fraction of sp³-hybridized carbons (Fsp3) is 0.562. The van der Waals surface area contributed by atoms with E-state index in [4.69, 9.17) is 15.2 Å². The van der Waals surface area contributed by atoms with E-state index in [0.29, 0.717) is 18.5 Å². The molecule has 0 bridgehead atoms. The number of ether oxygens (including phenoxy) is 2. The standard InChI is InChI=1S/C16H23N3O2/c1-3-8-21-14-6-4-5-13-15(14)18-16(17)19(13)11(2)12-7-9-20-10-12/h4-6,11-12H,3,7-10H2,1-2H3,(H2,17,18). The van der Waals surface area contributed by atoms with Crippen molar-refractivity contribution in [1.82, 2.24) is 9.55 Å². The van der Waals surface area contributed by atoms with Crippen molar-refractivity contribution in [2.24, 2.45) is 5.92 Å². The average Bonchev–Trinajstić information content (AvgIpc) is 3.11. The van der Waals surface area contributed by atoms with Crippen molar-refractivity contribution >= 4 is 17.0 Å². The smallest absolute Gasteiger partial charge is 0.201 e. The number of benzene rings is 1. The Morgan fingerprint density at radius 3 is 3.10 bits per heavy atom. The molecule has 2 heterocycles. The number of fused-ring (bicyclic) bond motifs is 1. The molecular formula is C16H23N3O2. The summed E-state index contributed by atoms with van der Waals surface area (Å²) in [7, 11) is 0. The second kappa shape index (κ2) is 5.93. The molecule has 0 radical (unpaired) electrons. The highest BCUT2D eigenvalue weighted by Gasteiger charge is 2.26. The molecule has 5 heteroatoms. The zero-order valence-electron chi connectivity index (χ0n) is 12.7. The quantitative estimate of drug-likeness (QED) is 0.919. The van der Waals surface area contributed by atoms with Gasteiger partial charge in [-0.1, -0.05) is 13.0 Å². The van der Waals surface area contributed by atoms with Gasteiger partial charge in [0, 0.05) is 18.6 Å². The monoisotopic (exact) mass is 289 g/mol. The molecule has 1 fully saturated rings. The number of hydrogen-bond acceptors (Lipinski definition) is 4. The third-order valence-corrected chi connectivity index (χ3v) is 4.23. The van der Waals surface area contributed by atoms with Gasteiger partial charge in [-0.3, -0.25) is 0 Å². The van der Waals surface area contributed by atoms with Gasteiger partial charge in [0.25, 0.3) is 0 Å². The second-order valence-electron chi connectivity index (χ2n) is 5.68. The lowest BCUT2D eigenvalue weighted by Crippen LogP contribution is -2.18. The van der Waals surface area contributed by atoms with Crippen molar-refractivity contribution in [3.05, 3.63) is 18.2 Å². The Balaban J connectivity index is 2.00. The van der Waals surface area contributed by atoms with Crippen LogP contribution in [0.1, 0.15) is 32.7 Å². The molecule has 0 aliphatic carbocycles. The number of nitrogens with two attached hydrogens (primary N) is 1. The summed E-state index contributed by atoms with van der Waals surface area (Å²) >= 11 is 0. The van der Waals surface area contributed by atoms with E-state index in [9.17, 15) is 0 Å². The number of para-hydroxylation sites is 1. The molecule has 1 saturated heterocycles. The minimum Gasteiger partial charge on any atom is -0.491 e. The number of hydrogen-bond donors (Lipinski definition) is 1. The van der Waals surface area contributed by atoms with Gasteiger partial charge in [-0.15, -0.1) is 0 Å². The van der Waals surface area contributed by atoms with Gasteiger partial charge in [-0.2, -0.15) is 0 Å². The Labute approximate surface area is 125 Å². The van der Waals surface area contributed by atoms with Crippen LogP contribution in [0.3, 0.4) is 0 Å². The van der Waals surface area contributed by atoms with Gasteiger partial charge in [0.05, 0.1) is 18.7 Å². The Kier molecular flexibility index (Phi) is 4.01. The normalized spacial score (nSPS) is 20.0. The largest absolute Gasteiger partial charge is 0.491 e. The lowest BCUT2D eigenvalue weighted by Gasteiger charge is -2.21. The Hall–Kier alpha value is -1.75. The van der Waals surface area contributed by atoms with Crippen LogP contribution >= 0.6 is 0 Å². The van der Waals surface area contributed by atoms with E-state index in [1.165, 1.54) is 0 Å². The Morgan fingerprint density at radius 2 is 2.38 bits per heavy atom. The Morgan fingerprint density at radius 1 is 1.52 bits per heavy atom. The molecule has 1 aromatic heterocycles. The molecule has 0 spiro atoms. The Bertz CT molecular complexity index is 617. The van der Waals surface area contributed by atoms with Gasteiger partial charge in [-0.25, -0.2) is 4.98 Å². The van der Waals surface area contributed by atoms with Gasteiger partial charge in [-0.05, 0) is 31.9 Å². The van der Waals surface area contributed by atoms with Crippen molar-refractivity contribution in [1.29, 1.82) is 0 Å². The number of aromatic nitrogens is 2. The molecule has 0 amide bonds. The van der Waals surface area contributed by atoms with Crippen LogP contribution in [-0.4, -0.2) is 29.4 Å². The van der Waals surface area contributed by atoms with Crippen molar-refractivity contribution in [2.45, 2.75) is 32.7 Å². The second-order valence-corrected chi connectivity index (χ2v) is 5.68. The maximum absolute atomic E-state index is 6.17. The highest BCUT2D eigenvalue weighted by Crippen LogP contribution is 2.34. The summed E-state index contributed by atoms with van der Waals surface area (Å²) in [4.78, 5) is 4.53. The fourth-order valence-corrected chi connectivity index (χ4v) is 3.01. The molecule has 1 aliphatic heterocycles. The van der Waals surface area contributed by atoms with Crippen molar-refractivity contribution in [3.63, 3.8) is 0 Å². The van der Waals surface area contributed by atoms with Gasteiger partial charge in [0.2, 0.25) is 5.95 Å². The van der Waals surface area contributed by atoms with Gasteiger partial charge in [0.1, 0.15) is 11.3 Å². The fourth-order valence-electron chi connectivity index (χ4n) is 3.01. The summed E-state index contributed by atoms with van der Waals surface area (Å²) in [5.74, 6) is 1.86. The first-order valence-corrected chi connectivity index (χ1v) is 7.69. The van der Waals surface area contributed by atoms with E-state index in [-0.39, 0.29) is 6.04 Å². The van der Waals surface area contributed by atoms with Crippen LogP contribution in [0.4, 0.5) is 5.95 Å². The number of nitrogen functional groups attached to an aromatic ring is 1. The summed E-state index contributed by atoms with van der Waals surface area (Å²) < 4.78 is 13.4.